The van der Waals surface area contributed by atoms with Gasteiger partial charge in [0.15, 0.2) is 0 Å². The second-order valence-corrected chi connectivity index (χ2v) is 4.80. The second-order valence-electron chi connectivity index (χ2n) is 3.44. The van der Waals surface area contributed by atoms with Gasteiger partial charge in [-0.3, -0.25) is 0 Å². The molecule has 2 aromatic rings. The van der Waals surface area contributed by atoms with Crippen LogP contribution in [0.25, 0.3) is 5.57 Å². The lowest BCUT2D eigenvalue weighted by Crippen LogP contribution is -2.13. The molecule has 0 aliphatic heterocycles. The van der Waals surface area contributed by atoms with Gasteiger partial charge in [-0.2, -0.15) is 0 Å². The van der Waals surface area contributed by atoms with Crippen LogP contribution < -0.4 is 0 Å². The molecule has 2 heterocycles. The standard InChI is InChI=1S/C12H7N2OS2/c16-9-3-1-2-8(11-13-4-6-15-11)10(9)12-14-5-7-17-12/h1-2,4-7,10H. The summed E-state index contributed by atoms with van der Waals surface area (Å²) in [4.78, 5) is 9.20. The molecule has 1 radical (unpaired) electrons. The minimum absolute atomic E-state index is 0.0753. The molecular weight excluding hydrogens is 252 g/mol. The predicted octanol–water partition coefficient (Wildman–Crippen LogP) is 3.04. The Hall–Kier alpha value is -1.59. The van der Waals surface area contributed by atoms with E-state index in [1.807, 2.05) is 11.5 Å². The zero-order valence-electron chi connectivity index (χ0n) is 8.66. The number of thiocarbonyl (C=S) groups is 1. The fraction of sp³-hybridized carbons (Fsp3) is 0.0833. The maximum Gasteiger partial charge on any atom is 0.222 e. The van der Waals surface area contributed by atoms with Gasteiger partial charge in [-0.1, -0.05) is 24.4 Å². The number of rotatable bonds is 2. The van der Waals surface area contributed by atoms with E-state index in [1.54, 1.807) is 36.1 Å². The topological polar surface area (TPSA) is 38.9 Å². The summed E-state index contributed by atoms with van der Waals surface area (Å²) in [6, 6.07) is 0. The molecule has 83 valence electrons. The van der Waals surface area contributed by atoms with Crippen LogP contribution in [-0.2, 0) is 0 Å². The van der Waals surface area contributed by atoms with Crippen molar-refractivity contribution in [2.24, 2.45) is 0 Å². The maximum absolute atomic E-state index is 5.34. The summed E-state index contributed by atoms with van der Waals surface area (Å²) in [7, 11) is 0. The Bertz CT molecular complexity index is 582. The zero-order chi connectivity index (χ0) is 11.7. The summed E-state index contributed by atoms with van der Waals surface area (Å²) in [5.74, 6) is 0.513. The van der Waals surface area contributed by atoms with E-state index < -0.39 is 0 Å². The van der Waals surface area contributed by atoms with Gasteiger partial charge in [0, 0.05) is 22.0 Å². The first-order valence-electron chi connectivity index (χ1n) is 4.99. The van der Waals surface area contributed by atoms with Gasteiger partial charge in [-0.15, -0.1) is 11.3 Å². The molecule has 17 heavy (non-hydrogen) atoms. The van der Waals surface area contributed by atoms with Crippen LogP contribution in [0, 0.1) is 6.08 Å². The SMILES string of the molecule is S=C1[C]=CC=C(c2ncco2)C1c1nccs1. The lowest BCUT2D eigenvalue weighted by molar-refractivity contribution is 0.539. The van der Waals surface area contributed by atoms with Crippen LogP contribution in [0.5, 0.6) is 0 Å². The molecule has 0 N–H and O–H groups in total. The van der Waals surface area contributed by atoms with Crippen LogP contribution in [-0.4, -0.2) is 14.8 Å². The summed E-state index contributed by atoms with van der Waals surface area (Å²) in [6.07, 6.45) is 11.7. The lowest BCUT2D eigenvalue weighted by Gasteiger charge is -2.17. The fourth-order valence-corrected chi connectivity index (χ4v) is 2.86. The highest BCUT2D eigenvalue weighted by Crippen LogP contribution is 2.36. The third-order valence-electron chi connectivity index (χ3n) is 2.44. The number of hydrogen-bond acceptors (Lipinski definition) is 5. The van der Waals surface area contributed by atoms with Crippen molar-refractivity contribution in [2.75, 3.05) is 0 Å². The normalized spacial score (nSPS) is 19.4. The van der Waals surface area contributed by atoms with Crippen molar-refractivity contribution in [1.29, 1.82) is 0 Å². The quantitative estimate of drug-likeness (QED) is 0.777. The Balaban J connectivity index is 2.08. The highest BCUT2D eigenvalue weighted by Gasteiger charge is 2.27. The minimum atomic E-state index is -0.0753. The van der Waals surface area contributed by atoms with Crippen molar-refractivity contribution in [2.45, 2.75) is 5.92 Å². The molecule has 1 aliphatic rings. The van der Waals surface area contributed by atoms with E-state index in [0.717, 1.165) is 15.4 Å². The van der Waals surface area contributed by atoms with Crippen molar-refractivity contribution in [3.63, 3.8) is 0 Å². The molecule has 1 atom stereocenters. The summed E-state index contributed by atoms with van der Waals surface area (Å²) in [5.41, 5.74) is 0.939. The van der Waals surface area contributed by atoms with Gasteiger partial charge < -0.3 is 4.42 Å². The number of thiazole rings is 1. The van der Waals surface area contributed by atoms with Crippen molar-refractivity contribution in [1.82, 2.24) is 9.97 Å². The van der Waals surface area contributed by atoms with Crippen LogP contribution in [0.15, 0.2) is 40.6 Å². The Morgan fingerprint density at radius 3 is 3.00 bits per heavy atom. The van der Waals surface area contributed by atoms with Crippen LogP contribution in [0.1, 0.15) is 16.8 Å². The molecule has 0 fully saturated rings. The van der Waals surface area contributed by atoms with Crippen molar-refractivity contribution >= 4 is 34.0 Å². The van der Waals surface area contributed by atoms with Gasteiger partial charge >= 0.3 is 0 Å². The van der Waals surface area contributed by atoms with Crippen molar-refractivity contribution in [3.8, 4) is 0 Å². The van der Waals surface area contributed by atoms with E-state index >= 15 is 0 Å². The number of aromatic nitrogens is 2. The first-order chi connectivity index (χ1) is 8.36. The fourth-order valence-electron chi connectivity index (χ4n) is 1.72. The summed E-state index contributed by atoms with van der Waals surface area (Å²) < 4.78 is 5.34. The Morgan fingerprint density at radius 2 is 2.29 bits per heavy atom. The maximum atomic E-state index is 5.34. The molecule has 0 saturated carbocycles. The molecule has 0 amide bonds. The molecule has 3 rings (SSSR count). The Labute approximate surface area is 108 Å². The van der Waals surface area contributed by atoms with Gasteiger partial charge in [0.2, 0.25) is 5.89 Å². The third kappa shape index (κ3) is 1.87. The van der Waals surface area contributed by atoms with E-state index in [4.69, 9.17) is 16.6 Å². The van der Waals surface area contributed by atoms with Gasteiger partial charge in [0.25, 0.3) is 0 Å². The largest absolute Gasteiger partial charge is 0.445 e. The monoisotopic (exact) mass is 259 g/mol. The molecule has 0 saturated heterocycles. The number of oxazole rings is 1. The van der Waals surface area contributed by atoms with Crippen LogP contribution in [0.3, 0.4) is 0 Å². The number of nitrogens with zero attached hydrogens (tertiary/aromatic N) is 2. The smallest absolute Gasteiger partial charge is 0.222 e. The van der Waals surface area contributed by atoms with Crippen LogP contribution >= 0.6 is 23.6 Å². The summed E-state index contributed by atoms with van der Waals surface area (Å²) >= 11 is 6.91. The highest BCUT2D eigenvalue weighted by atomic mass is 32.1. The van der Waals surface area contributed by atoms with Gasteiger partial charge in [0.05, 0.1) is 12.1 Å². The van der Waals surface area contributed by atoms with E-state index in [-0.39, 0.29) is 5.92 Å². The first-order valence-corrected chi connectivity index (χ1v) is 6.28. The van der Waals surface area contributed by atoms with Crippen molar-refractivity contribution < 1.29 is 4.42 Å². The lowest BCUT2D eigenvalue weighted by atomic mass is 9.91. The second kappa shape index (κ2) is 4.35. The molecule has 1 aliphatic carbocycles. The van der Waals surface area contributed by atoms with Gasteiger partial charge in [-0.05, 0) is 6.08 Å². The van der Waals surface area contributed by atoms with Gasteiger partial charge in [0.1, 0.15) is 11.3 Å². The average molecular weight is 259 g/mol. The highest BCUT2D eigenvalue weighted by molar-refractivity contribution is 7.80. The molecule has 5 heteroatoms. The van der Waals surface area contributed by atoms with E-state index in [2.05, 4.69) is 16.0 Å². The Kier molecular flexibility index (Phi) is 2.70. The van der Waals surface area contributed by atoms with Crippen LogP contribution in [0.4, 0.5) is 0 Å². The van der Waals surface area contributed by atoms with Gasteiger partial charge in [-0.25, -0.2) is 9.97 Å². The molecule has 1 unspecified atom stereocenters. The molecular formula is C12H7N2OS2. The minimum Gasteiger partial charge on any atom is -0.445 e. The van der Waals surface area contributed by atoms with E-state index in [1.165, 1.54) is 0 Å². The van der Waals surface area contributed by atoms with E-state index in [0.29, 0.717) is 5.89 Å². The summed E-state index contributed by atoms with van der Waals surface area (Å²) in [5, 5.41) is 2.88. The van der Waals surface area contributed by atoms with E-state index in [9.17, 15) is 0 Å². The van der Waals surface area contributed by atoms with Crippen molar-refractivity contribution in [3.05, 3.63) is 53.2 Å². The first kappa shape index (κ1) is 10.6. The summed E-state index contributed by atoms with van der Waals surface area (Å²) in [6.45, 7) is 0. The predicted molar refractivity (Wildman–Crippen MR) is 69.7 cm³/mol. The number of hydrogen-bond donors (Lipinski definition) is 0. The molecule has 0 aromatic carbocycles. The van der Waals surface area contributed by atoms with Crippen LogP contribution in [0.2, 0.25) is 0 Å². The average Bonchev–Trinajstić information content (AvgIpc) is 3.02. The molecule has 0 bridgehead atoms. The number of allylic oxidation sites excluding steroid dienone is 4. The molecule has 2 aromatic heterocycles. The molecule has 0 spiro atoms. The Morgan fingerprint density at radius 1 is 1.35 bits per heavy atom. The third-order valence-corrected chi connectivity index (χ3v) is 3.63. The zero-order valence-corrected chi connectivity index (χ0v) is 10.3. The molecule has 3 nitrogen and oxygen atoms in total.